The van der Waals surface area contributed by atoms with Gasteiger partial charge in [-0.05, 0) is 32.3 Å². The number of pyridine rings is 1. The van der Waals surface area contributed by atoms with E-state index in [4.69, 9.17) is 4.74 Å². The third kappa shape index (κ3) is 5.47. The lowest BCUT2D eigenvalue weighted by Crippen LogP contribution is -2.22. The fourth-order valence-electron chi connectivity index (χ4n) is 3.18. The van der Waals surface area contributed by atoms with Crippen LogP contribution in [0.2, 0.25) is 0 Å². The van der Waals surface area contributed by atoms with Crippen LogP contribution in [0.25, 0.3) is 11.3 Å². The molecule has 1 amide bonds. The zero-order valence-electron chi connectivity index (χ0n) is 18.5. The molecule has 0 radical (unpaired) electrons. The van der Waals surface area contributed by atoms with Gasteiger partial charge in [-0.3, -0.25) is 14.5 Å². The third-order valence-corrected chi connectivity index (χ3v) is 7.81. The SMILES string of the molecule is CCOc1cncc(-c2cnc(NC(=O)C(CC)c3csc(NS(=O)(=O)C4CC4)n3)c(F)c2)n1. The molecule has 180 valence electrons. The number of carbonyl (C=O) groups is 1. The van der Waals surface area contributed by atoms with E-state index in [0.717, 1.165) is 11.3 Å². The number of nitrogens with zero attached hydrogens (tertiary/aromatic N) is 4. The molecular weight excluding hydrogens is 483 g/mol. The van der Waals surface area contributed by atoms with Gasteiger partial charge in [0.05, 0.1) is 41.6 Å². The first-order valence-electron chi connectivity index (χ1n) is 10.7. The topological polar surface area (TPSA) is 136 Å². The molecule has 0 spiro atoms. The molecule has 0 aliphatic heterocycles. The largest absolute Gasteiger partial charge is 0.477 e. The average Bonchev–Trinajstić information content (AvgIpc) is 3.58. The molecule has 10 nitrogen and oxygen atoms in total. The summed E-state index contributed by atoms with van der Waals surface area (Å²) in [5.74, 6) is -1.86. The van der Waals surface area contributed by atoms with E-state index < -0.39 is 27.7 Å². The van der Waals surface area contributed by atoms with Crippen LogP contribution in [0.1, 0.15) is 44.7 Å². The molecule has 1 fully saturated rings. The number of hydrogen-bond acceptors (Lipinski definition) is 9. The number of nitrogens with one attached hydrogen (secondary N) is 2. The Bertz CT molecular complexity index is 1300. The molecule has 1 atom stereocenters. The van der Waals surface area contributed by atoms with E-state index >= 15 is 0 Å². The lowest BCUT2D eigenvalue weighted by molar-refractivity contribution is -0.117. The summed E-state index contributed by atoms with van der Waals surface area (Å²) in [7, 11) is -3.45. The summed E-state index contributed by atoms with van der Waals surface area (Å²) in [5.41, 5.74) is 1.16. The molecule has 1 aliphatic carbocycles. The van der Waals surface area contributed by atoms with Gasteiger partial charge in [0, 0.05) is 17.1 Å². The molecule has 1 aliphatic rings. The van der Waals surface area contributed by atoms with Crippen LogP contribution in [0.15, 0.2) is 30.0 Å². The predicted molar refractivity (Wildman–Crippen MR) is 126 cm³/mol. The van der Waals surface area contributed by atoms with Gasteiger partial charge in [-0.1, -0.05) is 6.92 Å². The van der Waals surface area contributed by atoms with Gasteiger partial charge >= 0.3 is 0 Å². The Kier molecular flexibility index (Phi) is 7.03. The van der Waals surface area contributed by atoms with Crippen molar-refractivity contribution in [3.8, 4) is 17.1 Å². The molecule has 0 saturated heterocycles. The third-order valence-electron chi connectivity index (χ3n) is 5.08. The minimum atomic E-state index is -3.45. The second-order valence-corrected chi connectivity index (χ2v) is 10.4. The normalized spacial score (nSPS) is 14.4. The summed E-state index contributed by atoms with van der Waals surface area (Å²) in [4.78, 5) is 29.4. The zero-order valence-corrected chi connectivity index (χ0v) is 20.1. The zero-order chi connectivity index (χ0) is 24.3. The summed E-state index contributed by atoms with van der Waals surface area (Å²) in [6.07, 6.45) is 5.94. The van der Waals surface area contributed by atoms with Crippen LogP contribution in [0.4, 0.5) is 15.3 Å². The van der Waals surface area contributed by atoms with Crippen LogP contribution in [0.5, 0.6) is 5.88 Å². The van der Waals surface area contributed by atoms with Crippen molar-refractivity contribution >= 4 is 38.2 Å². The number of hydrogen-bond donors (Lipinski definition) is 2. The number of thiazole rings is 1. The Hall–Kier alpha value is -3.19. The molecular formula is C21H23FN6O4S2. The molecule has 1 saturated carbocycles. The Balaban J connectivity index is 1.46. The molecule has 13 heteroatoms. The van der Waals surface area contributed by atoms with E-state index in [1.54, 1.807) is 12.3 Å². The fourth-order valence-corrected chi connectivity index (χ4v) is 5.54. The van der Waals surface area contributed by atoms with Gasteiger partial charge in [0.1, 0.15) is 0 Å². The summed E-state index contributed by atoms with van der Waals surface area (Å²) in [6, 6.07) is 1.21. The summed E-state index contributed by atoms with van der Waals surface area (Å²) in [5, 5.41) is 3.94. The highest BCUT2D eigenvalue weighted by atomic mass is 32.2. The fraction of sp³-hybridized carbons (Fsp3) is 0.381. The summed E-state index contributed by atoms with van der Waals surface area (Å²) >= 11 is 1.10. The highest BCUT2D eigenvalue weighted by Crippen LogP contribution is 2.32. The molecule has 1 unspecified atom stereocenters. The lowest BCUT2D eigenvalue weighted by Gasteiger charge is -2.13. The number of anilines is 2. The van der Waals surface area contributed by atoms with E-state index in [9.17, 15) is 17.6 Å². The van der Waals surface area contributed by atoms with Crippen molar-refractivity contribution in [3.05, 3.63) is 41.5 Å². The molecule has 0 bridgehead atoms. The maximum absolute atomic E-state index is 14.7. The first kappa shape index (κ1) is 24.0. The first-order valence-corrected chi connectivity index (χ1v) is 13.1. The molecule has 0 aromatic carbocycles. The Morgan fingerprint density at radius 2 is 2.06 bits per heavy atom. The number of amides is 1. The number of ether oxygens (including phenoxy) is 1. The van der Waals surface area contributed by atoms with E-state index in [2.05, 4.69) is 30.0 Å². The van der Waals surface area contributed by atoms with Crippen LogP contribution in [0.3, 0.4) is 0 Å². The highest BCUT2D eigenvalue weighted by Gasteiger charge is 2.36. The monoisotopic (exact) mass is 506 g/mol. The second kappa shape index (κ2) is 9.97. The van der Waals surface area contributed by atoms with Crippen LogP contribution in [-0.2, 0) is 14.8 Å². The minimum absolute atomic E-state index is 0.206. The maximum Gasteiger partial charge on any atom is 0.237 e. The molecule has 2 N–H and O–H groups in total. The molecule has 3 aromatic heterocycles. The smallest absolute Gasteiger partial charge is 0.237 e. The first-order chi connectivity index (χ1) is 16.3. The van der Waals surface area contributed by atoms with Crippen LogP contribution >= 0.6 is 11.3 Å². The quantitative estimate of drug-likeness (QED) is 0.426. The van der Waals surface area contributed by atoms with Crippen molar-refractivity contribution in [1.82, 2.24) is 19.9 Å². The highest BCUT2D eigenvalue weighted by molar-refractivity contribution is 7.93. The van der Waals surface area contributed by atoms with Crippen molar-refractivity contribution in [2.45, 2.75) is 44.3 Å². The maximum atomic E-state index is 14.7. The minimum Gasteiger partial charge on any atom is -0.477 e. The lowest BCUT2D eigenvalue weighted by atomic mass is 10.0. The van der Waals surface area contributed by atoms with Crippen molar-refractivity contribution in [2.24, 2.45) is 0 Å². The number of sulfonamides is 1. The van der Waals surface area contributed by atoms with Crippen LogP contribution in [0, 0.1) is 5.82 Å². The van der Waals surface area contributed by atoms with Gasteiger partial charge in [-0.15, -0.1) is 11.3 Å². The van der Waals surface area contributed by atoms with Gasteiger partial charge < -0.3 is 10.1 Å². The molecule has 4 rings (SSSR count). The summed E-state index contributed by atoms with van der Waals surface area (Å²) < 4.78 is 46.7. The molecule has 34 heavy (non-hydrogen) atoms. The van der Waals surface area contributed by atoms with E-state index in [0.29, 0.717) is 48.7 Å². The van der Waals surface area contributed by atoms with Gasteiger partial charge in [0.15, 0.2) is 16.8 Å². The van der Waals surface area contributed by atoms with E-state index in [1.807, 2.05) is 6.92 Å². The van der Waals surface area contributed by atoms with Crippen LogP contribution < -0.4 is 14.8 Å². The summed E-state index contributed by atoms with van der Waals surface area (Å²) in [6.45, 7) is 4.02. The number of halogens is 1. The van der Waals surface area contributed by atoms with Crippen molar-refractivity contribution in [2.75, 3.05) is 16.6 Å². The predicted octanol–water partition coefficient (Wildman–Crippen LogP) is 3.57. The Morgan fingerprint density at radius 1 is 1.26 bits per heavy atom. The van der Waals surface area contributed by atoms with E-state index in [-0.39, 0.29) is 16.2 Å². The average molecular weight is 507 g/mol. The standard InChI is InChI=1S/C21H23FN6O4S2/c1-3-14(17-11-33-21(26-17)28-34(30,31)13-5-6-13)20(29)27-19-15(22)7-12(8-24-19)16-9-23-10-18(25-16)32-4-2/h7-11,13-14H,3-6H2,1-2H3,(H,26,28)(H,24,27,29). The van der Waals surface area contributed by atoms with Crippen LogP contribution in [-0.4, -0.2) is 46.1 Å². The number of aromatic nitrogens is 4. The van der Waals surface area contributed by atoms with Gasteiger partial charge in [-0.2, -0.15) is 0 Å². The van der Waals surface area contributed by atoms with Gasteiger partial charge in [0.2, 0.25) is 21.8 Å². The van der Waals surface area contributed by atoms with E-state index in [1.165, 1.54) is 24.7 Å². The van der Waals surface area contributed by atoms with Crippen molar-refractivity contribution in [3.63, 3.8) is 0 Å². The van der Waals surface area contributed by atoms with Gasteiger partial charge in [-0.25, -0.2) is 27.8 Å². The van der Waals surface area contributed by atoms with Gasteiger partial charge in [0.25, 0.3) is 0 Å². The number of rotatable bonds is 10. The van der Waals surface area contributed by atoms with Crippen molar-refractivity contribution in [1.29, 1.82) is 0 Å². The Labute approximate surface area is 200 Å². The van der Waals surface area contributed by atoms with Crippen molar-refractivity contribution < 1.29 is 22.3 Å². The molecule has 3 aromatic rings. The molecule has 3 heterocycles. The Morgan fingerprint density at radius 3 is 2.74 bits per heavy atom. The second-order valence-electron chi connectivity index (χ2n) is 7.60. The number of carbonyl (C=O) groups excluding carboxylic acids is 1.